The number of nitrogens with two attached hydrogens (primary N) is 1. The molecule has 0 radical (unpaired) electrons. The summed E-state index contributed by atoms with van der Waals surface area (Å²) in [5, 5.41) is 2.06. The van der Waals surface area contributed by atoms with Gasteiger partial charge in [0.1, 0.15) is 17.8 Å². The lowest BCUT2D eigenvalue weighted by atomic mass is 10.1. The van der Waals surface area contributed by atoms with Crippen LogP contribution in [0.5, 0.6) is 0 Å². The molecule has 4 heteroatoms. The van der Waals surface area contributed by atoms with Gasteiger partial charge in [-0.3, -0.25) is 0 Å². The molecule has 0 saturated carbocycles. The molecule has 0 fully saturated rings. The van der Waals surface area contributed by atoms with Crippen LogP contribution in [0.25, 0.3) is 21.9 Å². The second-order valence-electron chi connectivity index (χ2n) is 5.48. The molecule has 2 heterocycles. The monoisotopic (exact) mass is 240 g/mol. The third-order valence-electron chi connectivity index (χ3n) is 3.15. The van der Waals surface area contributed by atoms with Gasteiger partial charge < -0.3 is 10.3 Å². The maximum absolute atomic E-state index is 6.01. The van der Waals surface area contributed by atoms with Gasteiger partial charge >= 0.3 is 0 Å². The molecule has 0 unspecified atom stereocenters. The number of hydrogen-bond donors (Lipinski definition) is 1. The molecular formula is C14H16N4. The van der Waals surface area contributed by atoms with E-state index in [0.29, 0.717) is 5.82 Å². The molecule has 3 rings (SSSR count). The fourth-order valence-corrected chi connectivity index (χ4v) is 2.49. The summed E-state index contributed by atoms with van der Waals surface area (Å²) < 4.78 is 2.22. The zero-order valence-electron chi connectivity index (χ0n) is 10.8. The number of fused-ring (bicyclic) bond motifs is 3. The van der Waals surface area contributed by atoms with Crippen LogP contribution >= 0.6 is 0 Å². The molecule has 0 aliphatic rings. The van der Waals surface area contributed by atoms with Crippen LogP contribution in [0, 0.1) is 0 Å². The number of rotatable bonds is 0. The zero-order valence-corrected chi connectivity index (χ0v) is 10.8. The highest BCUT2D eigenvalue weighted by atomic mass is 15.1. The molecule has 18 heavy (non-hydrogen) atoms. The van der Waals surface area contributed by atoms with Gasteiger partial charge in [0.25, 0.3) is 0 Å². The Hall–Kier alpha value is -2.10. The molecular weight excluding hydrogens is 224 g/mol. The second kappa shape index (κ2) is 3.45. The van der Waals surface area contributed by atoms with Crippen molar-refractivity contribution in [3.63, 3.8) is 0 Å². The van der Waals surface area contributed by atoms with Gasteiger partial charge in [-0.15, -0.1) is 0 Å². The van der Waals surface area contributed by atoms with Gasteiger partial charge in [-0.05, 0) is 26.8 Å². The van der Waals surface area contributed by atoms with Crippen molar-refractivity contribution in [3.05, 3.63) is 30.6 Å². The van der Waals surface area contributed by atoms with Crippen LogP contribution < -0.4 is 5.73 Å². The van der Waals surface area contributed by atoms with E-state index in [9.17, 15) is 0 Å². The molecule has 0 saturated heterocycles. The lowest BCUT2D eigenvalue weighted by Gasteiger charge is -2.23. The minimum absolute atomic E-state index is 0.0534. The SMILES string of the molecule is CC(C)(C)n1c2ccccc2c2c(N)ncnc21. The Morgan fingerprint density at radius 2 is 1.83 bits per heavy atom. The first-order chi connectivity index (χ1) is 8.50. The summed E-state index contributed by atoms with van der Waals surface area (Å²) in [6.45, 7) is 6.49. The van der Waals surface area contributed by atoms with Gasteiger partial charge in [0.15, 0.2) is 0 Å². The third-order valence-corrected chi connectivity index (χ3v) is 3.15. The van der Waals surface area contributed by atoms with Gasteiger partial charge in [0.2, 0.25) is 0 Å². The first kappa shape index (κ1) is 11.0. The van der Waals surface area contributed by atoms with Gasteiger partial charge in [-0.1, -0.05) is 18.2 Å². The number of nitrogen functional groups attached to an aromatic ring is 1. The number of nitrogens with zero attached hydrogens (tertiary/aromatic N) is 3. The number of anilines is 1. The lowest BCUT2D eigenvalue weighted by Crippen LogP contribution is -2.21. The second-order valence-corrected chi connectivity index (χ2v) is 5.48. The summed E-state index contributed by atoms with van der Waals surface area (Å²) in [6.07, 6.45) is 1.53. The van der Waals surface area contributed by atoms with Crippen LogP contribution in [0.4, 0.5) is 5.82 Å². The van der Waals surface area contributed by atoms with Crippen molar-refractivity contribution in [3.8, 4) is 0 Å². The zero-order chi connectivity index (χ0) is 12.9. The van der Waals surface area contributed by atoms with E-state index < -0.39 is 0 Å². The summed E-state index contributed by atoms with van der Waals surface area (Å²) in [5.74, 6) is 0.541. The molecule has 0 amide bonds. The fourth-order valence-electron chi connectivity index (χ4n) is 2.49. The summed E-state index contributed by atoms with van der Waals surface area (Å²) in [5.41, 5.74) is 8.01. The number of para-hydroxylation sites is 1. The van der Waals surface area contributed by atoms with Crippen molar-refractivity contribution >= 4 is 27.8 Å². The lowest BCUT2D eigenvalue weighted by molar-refractivity contribution is 0.421. The number of aromatic nitrogens is 3. The molecule has 1 aromatic carbocycles. The standard InChI is InChI=1S/C14H16N4/c1-14(2,3)18-10-7-5-4-6-9(10)11-12(15)16-8-17-13(11)18/h4-8H,1-3H3,(H2,15,16,17). The molecule has 0 atom stereocenters. The average molecular weight is 240 g/mol. The van der Waals surface area contributed by atoms with E-state index in [2.05, 4.69) is 47.4 Å². The van der Waals surface area contributed by atoms with Crippen LogP contribution in [0.3, 0.4) is 0 Å². The Bertz CT molecular complexity index is 734. The molecule has 2 aromatic heterocycles. The van der Waals surface area contributed by atoms with Crippen LogP contribution in [-0.4, -0.2) is 14.5 Å². The summed E-state index contributed by atoms with van der Waals surface area (Å²) >= 11 is 0. The predicted octanol–water partition coefficient (Wildman–Crippen LogP) is 2.92. The van der Waals surface area contributed by atoms with Gasteiger partial charge in [-0.2, -0.15) is 0 Å². The molecule has 0 aliphatic heterocycles. The van der Waals surface area contributed by atoms with E-state index in [-0.39, 0.29) is 5.54 Å². The Morgan fingerprint density at radius 1 is 1.11 bits per heavy atom. The van der Waals surface area contributed by atoms with Crippen molar-refractivity contribution < 1.29 is 0 Å². The minimum atomic E-state index is -0.0534. The molecule has 0 bridgehead atoms. The molecule has 2 N–H and O–H groups in total. The minimum Gasteiger partial charge on any atom is -0.383 e. The van der Waals surface area contributed by atoms with Gasteiger partial charge in [-0.25, -0.2) is 9.97 Å². The molecule has 0 spiro atoms. The highest BCUT2D eigenvalue weighted by molar-refractivity contribution is 6.11. The topological polar surface area (TPSA) is 56.7 Å². The third kappa shape index (κ3) is 1.38. The van der Waals surface area contributed by atoms with Crippen molar-refractivity contribution in [1.29, 1.82) is 0 Å². The van der Waals surface area contributed by atoms with Gasteiger partial charge in [0, 0.05) is 10.9 Å². The Labute approximate surface area is 105 Å². The van der Waals surface area contributed by atoms with Crippen LogP contribution in [-0.2, 0) is 5.54 Å². The highest BCUT2D eigenvalue weighted by Gasteiger charge is 2.22. The van der Waals surface area contributed by atoms with E-state index in [1.54, 1.807) is 0 Å². The van der Waals surface area contributed by atoms with Crippen LogP contribution in [0.2, 0.25) is 0 Å². The smallest absolute Gasteiger partial charge is 0.147 e. The van der Waals surface area contributed by atoms with E-state index in [1.807, 2.05) is 12.1 Å². The first-order valence-corrected chi connectivity index (χ1v) is 6.00. The quantitative estimate of drug-likeness (QED) is 0.657. The number of benzene rings is 1. The first-order valence-electron chi connectivity index (χ1n) is 6.00. The number of hydrogen-bond acceptors (Lipinski definition) is 3. The summed E-state index contributed by atoms with van der Waals surface area (Å²) in [6, 6.07) is 8.22. The predicted molar refractivity (Wildman–Crippen MR) is 74.4 cm³/mol. The van der Waals surface area contributed by atoms with E-state index in [4.69, 9.17) is 5.73 Å². The Balaban J connectivity index is 2.63. The van der Waals surface area contributed by atoms with Crippen LogP contribution in [0.15, 0.2) is 30.6 Å². The van der Waals surface area contributed by atoms with Gasteiger partial charge in [0.05, 0.1) is 10.9 Å². The van der Waals surface area contributed by atoms with Crippen molar-refractivity contribution in [2.24, 2.45) is 0 Å². The molecule has 0 aliphatic carbocycles. The molecule has 4 nitrogen and oxygen atoms in total. The average Bonchev–Trinajstić information content (AvgIpc) is 2.63. The van der Waals surface area contributed by atoms with Crippen molar-refractivity contribution in [2.75, 3.05) is 5.73 Å². The van der Waals surface area contributed by atoms with Crippen molar-refractivity contribution in [2.45, 2.75) is 26.3 Å². The van der Waals surface area contributed by atoms with E-state index >= 15 is 0 Å². The summed E-state index contributed by atoms with van der Waals surface area (Å²) in [7, 11) is 0. The summed E-state index contributed by atoms with van der Waals surface area (Å²) in [4.78, 5) is 8.52. The largest absolute Gasteiger partial charge is 0.383 e. The highest BCUT2D eigenvalue weighted by Crippen LogP contribution is 2.34. The van der Waals surface area contributed by atoms with E-state index in [1.165, 1.54) is 6.33 Å². The van der Waals surface area contributed by atoms with Crippen molar-refractivity contribution in [1.82, 2.24) is 14.5 Å². The molecule has 92 valence electrons. The maximum Gasteiger partial charge on any atom is 0.147 e. The van der Waals surface area contributed by atoms with Crippen LogP contribution in [0.1, 0.15) is 20.8 Å². The maximum atomic E-state index is 6.01. The fraction of sp³-hybridized carbons (Fsp3) is 0.286. The Kier molecular flexibility index (Phi) is 2.11. The Morgan fingerprint density at radius 3 is 2.56 bits per heavy atom. The normalized spacial score (nSPS) is 12.4. The molecule has 3 aromatic rings. The van der Waals surface area contributed by atoms with E-state index in [0.717, 1.165) is 21.9 Å².